The maximum atomic E-state index is 12.6. The number of hydrogen-bond acceptors (Lipinski definition) is 4. The third-order valence-corrected chi connectivity index (χ3v) is 6.16. The minimum Gasteiger partial charge on any atom is -0.340 e. The van der Waals surface area contributed by atoms with Crippen LogP contribution >= 0.6 is 11.3 Å². The molecule has 2 aliphatic heterocycles. The van der Waals surface area contributed by atoms with Gasteiger partial charge >= 0.3 is 0 Å². The molecule has 24 heavy (non-hydrogen) atoms. The van der Waals surface area contributed by atoms with Crippen molar-refractivity contribution in [1.82, 2.24) is 14.7 Å². The fraction of sp³-hybridized carbons (Fsp3) is 0.667. The first-order valence-corrected chi connectivity index (χ1v) is 9.72. The van der Waals surface area contributed by atoms with E-state index in [1.54, 1.807) is 18.3 Å². The van der Waals surface area contributed by atoms with Crippen molar-refractivity contribution in [2.24, 2.45) is 0 Å². The van der Waals surface area contributed by atoms with E-state index < -0.39 is 0 Å². The number of rotatable bonds is 5. The van der Waals surface area contributed by atoms with Crippen molar-refractivity contribution >= 4 is 23.2 Å². The second-order valence-corrected chi connectivity index (χ2v) is 7.96. The molecule has 3 rings (SSSR count). The third kappa shape index (κ3) is 3.81. The summed E-state index contributed by atoms with van der Waals surface area (Å²) in [5, 5.41) is 2.04. The van der Waals surface area contributed by atoms with Crippen LogP contribution in [-0.4, -0.2) is 65.3 Å². The maximum absolute atomic E-state index is 12.6. The van der Waals surface area contributed by atoms with Gasteiger partial charge in [-0.05, 0) is 43.7 Å². The summed E-state index contributed by atoms with van der Waals surface area (Å²) in [5.41, 5.74) is 0. The first-order valence-electron chi connectivity index (χ1n) is 8.84. The molecule has 2 amide bonds. The van der Waals surface area contributed by atoms with Crippen LogP contribution in [0.4, 0.5) is 0 Å². The van der Waals surface area contributed by atoms with Gasteiger partial charge in [-0.2, -0.15) is 0 Å². The van der Waals surface area contributed by atoms with E-state index in [0.29, 0.717) is 25.2 Å². The number of thiophene rings is 1. The second-order valence-electron chi connectivity index (χ2n) is 6.93. The minimum atomic E-state index is 0.169. The van der Waals surface area contributed by atoms with Gasteiger partial charge in [-0.1, -0.05) is 6.07 Å². The van der Waals surface area contributed by atoms with Gasteiger partial charge in [-0.15, -0.1) is 11.3 Å². The molecule has 2 atom stereocenters. The van der Waals surface area contributed by atoms with Gasteiger partial charge in [0.05, 0.1) is 13.1 Å². The van der Waals surface area contributed by atoms with E-state index in [4.69, 9.17) is 0 Å². The molecule has 3 heterocycles. The summed E-state index contributed by atoms with van der Waals surface area (Å²) in [6.45, 7) is 4.65. The van der Waals surface area contributed by atoms with Crippen LogP contribution in [0.2, 0.25) is 0 Å². The molecular weight excluding hydrogens is 322 g/mol. The fourth-order valence-electron chi connectivity index (χ4n) is 4.09. The summed E-state index contributed by atoms with van der Waals surface area (Å²) in [4.78, 5) is 31.8. The van der Waals surface area contributed by atoms with Crippen molar-refractivity contribution in [2.45, 2.75) is 51.2 Å². The number of likely N-dealkylation sites (tertiary alicyclic amines) is 2. The topological polar surface area (TPSA) is 43.9 Å². The summed E-state index contributed by atoms with van der Waals surface area (Å²) < 4.78 is 0. The van der Waals surface area contributed by atoms with Gasteiger partial charge in [0, 0.05) is 37.5 Å². The Hall–Kier alpha value is -1.40. The Kier molecular flexibility index (Phi) is 5.56. The summed E-state index contributed by atoms with van der Waals surface area (Å²) in [6, 6.07) is 4.72. The van der Waals surface area contributed by atoms with Gasteiger partial charge < -0.3 is 9.80 Å². The molecule has 0 unspecified atom stereocenters. The molecule has 0 spiro atoms. The van der Waals surface area contributed by atoms with Crippen molar-refractivity contribution < 1.29 is 9.59 Å². The van der Waals surface area contributed by atoms with Crippen LogP contribution in [0.3, 0.4) is 0 Å². The first kappa shape index (κ1) is 17.4. The van der Waals surface area contributed by atoms with Crippen LogP contribution in [0.15, 0.2) is 17.5 Å². The number of carbonyl (C=O) groups excluding carboxylic acids is 2. The summed E-state index contributed by atoms with van der Waals surface area (Å²) in [7, 11) is 1.88. The molecule has 0 N–H and O–H groups in total. The minimum absolute atomic E-state index is 0.169. The van der Waals surface area contributed by atoms with Crippen LogP contribution in [-0.2, 0) is 16.1 Å². The Balaban J connectivity index is 1.59. The van der Waals surface area contributed by atoms with E-state index >= 15 is 0 Å². The molecule has 1 aromatic heterocycles. The molecule has 2 aliphatic rings. The number of hydrogen-bond donors (Lipinski definition) is 0. The monoisotopic (exact) mass is 349 g/mol. The standard InChI is InChI=1S/C18H27N3O2S/c1-14(22)21-10-4-8-17(21)16-7-3-9-20(16)13-18(23)19(2)12-15-6-5-11-24-15/h5-6,11,16-17H,3-4,7-10,12-13H2,1-2H3/t16-,17+/m1/s1. The molecule has 1 aromatic rings. The highest BCUT2D eigenvalue weighted by atomic mass is 32.1. The SMILES string of the molecule is CC(=O)N1CCC[C@H]1[C@H]1CCCN1CC(=O)N(C)Cc1cccs1. The zero-order valence-electron chi connectivity index (χ0n) is 14.6. The fourth-order valence-corrected chi connectivity index (χ4v) is 4.84. The number of likely N-dealkylation sites (N-methyl/N-ethyl adjacent to an activating group) is 1. The lowest BCUT2D eigenvalue weighted by atomic mass is 10.0. The molecule has 5 nitrogen and oxygen atoms in total. The smallest absolute Gasteiger partial charge is 0.236 e. The zero-order chi connectivity index (χ0) is 17.1. The molecule has 0 aliphatic carbocycles. The van der Waals surface area contributed by atoms with Crippen molar-refractivity contribution in [3.63, 3.8) is 0 Å². The van der Waals surface area contributed by atoms with Crippen molar-refractivity contribution in [1.29, 1.82) is 0 Å². The van der Waals surface area contributed by atoms with Crippen molar-refractivity contribution in [2.75, 3.05) is 26.7 Å². The van der Waals surface area contributed by atoms with E-state index in [-0.39, 0.29) is 11.8 Å². The van der Waals surface area contributed by atoms with Gasteiger partial charge in [-0.25, -0.2) is 0 Å². The highest BCUT2D eigenvalue weighted by Crippen LogP contribution is 2.30. The molecule has 2 fully saturated rings. The zero-order valence-corrected chi connectivity index (χ0v) is 15.4. The quantitative estimate of drug-likeness (QED) is 0.818. The highest BCUT2D eigenvalue weighted by Gasteiger charge is 2.39. The van der Waals surface area contributed by atoms with Gasteiger partial charge in [0.2, 0.25) is 11.8 Å². The van der Waals surface area contributed by atoms with Gasteiger partial charge in [0.25, 0.3) is 0 Å². The second kappa shape index (κ2) is 7.66. The normalized spacial score (nSPS) is 24.5. The molecular formula is C18H27N3O2S. The van der Waals surface area contributed by atoms with Gasteiger partial charge in [0.15, 0.2) is 0 Å². The lowest BCUT2D eigenvalue weighted by Gasteiger charge is -2.34. The van der Waals surface area contributed by atoms with E-state index in [0.717, 1.165) is 38.8 Å². The lowest BCUT2D eigenvalue weighted by molar-refractivity contribution is -0.133. The lowest BCUT2D eigenvalue weighted by Crippen LogP contribution is -2.50. The highest BCUT2D eigenvalue weighted by molar-refractivity contribution is 7.09. The van der Waals surface area contributed by atoms with Crippen LogP contribution in [0.1, 0.15) is 37.5 Å². The number of amides is 2. The molecule has 0 saturated carbocycles. The predicted octanol–water partition coefficient (Wildman–Crippen LogP) is 2.18. The Morgan fingerprint density at radius 2 is 2.00 bits per heavy atom. The predicted molar refractivity (Wildman–Crippen MR) is 95.8 cm³/mol. The Morgan fingerprint density at radius 3 is 2.71 bits per heavy atom. The Morgan fingerprint density at radius 1 is 1.25 bits per heavy atom. The average Bonchev–Trinajstić information content (AvgIpc) is 3.27. The van der Waals surface area contributed by atoms with Crippen LogP contribution in [0.5, 0.6) is 0 Å². The van der Waals surface area contributed by atoms with Crippen molar-refractivity contribution in [3.8, 4) is 0 Å². The van der Waals surface area contributed by atoms with E-state index in [2.05, 4.69) is 11.0 Å². The van der Waals surface area contributed by atoms with Gasteiger partial charge in [-0.3, -0.25) is 14.5 Å². The van der Waals surface area contributed by atoms with Gasteiger partial charge in [0.1, 0.15) is 0 Å². The largest absolute Gasteiger partial charge is 0.340 e. The Bertz CT molecular complexity index is 575. The number of carbonyl (C=O) groups is 2. The molecule has 132 valence electrons. The molecule has 0 bridgehead atoms. The van der Waals surface area contributed by atoms with E-state index in [9.17, 15) is 9.59 Å². The summed E-state index contributed by atoms with van der Waals surface area (Å²) in [5.74, 6) is 0.341. The van der Waals surface area contributed by atoms with Crippen LogP contribution < -0.4 is 0 Å². The summed E-state index contributed by atoms with van der Waals surface area (Å²) >= 11 is 1.68. The first-order chi connectivity index (χ1) is 11.6. The summed E-state index contributed by atoms with van der Waals surface area (Å²) in [6.07, 6.45) is 4.37. The maximum Gasteiger partial charge on any atom is 0.236 e. The van der Waals surface area contributed by atoms with Crippen LogP contribution in [0, 0.1) is 0 Å². The molecule has 0 radical (unpaired) electrons. The third-order valence-electron chi connectivity index (χ3n) is 5.30. The Labute approximate surface area is 148 Å². The van der Waals surface area contributed by atoms with E-state index in [1.807, 2.05) is 28.3 Å². The van der Waals surface area contributed by atoms with E-state index in [1.165, 1.54) is 4.88 Å². The average molecular weight is 350 g/mol. The molecule has 6 heteroatoms. The molecule has 2 saturated heterocycles. The number of nitrogens with zero attached hydrogens (tertiary/aromatic N) is 3. The van der Waals surface area contributed by atoms with Crippen molar-refractivity contribution in [3.05, 3.63) is 22.4 Å². The molecule has 0 aromatic carbocycles. The van der Waals surface area contributed by atoms with Crippen LogP contribution in [0.25, 0.3) is 0 Å².